The van der Waals surface area contributed by atoms with Gasteiger partial charge in [0.05, 0.1) is 13.7 Å². The first-order chi connectivity index (χ1) is 20.0. The fourth-order valence-electron chi connectivity index (χ4n) is 5.93. The Morgan fingerprint density at radius 1 is 1.05 bits per heavy atom. The molecule has 3 N–H and O–H groups in total. The van der Waals surface area contributed by atoms with Gasteiger partial charge in [-0.3, -0.25) is 4.79 Å². The Balaban J connectivity index is 1.55. The van der Waals surface area contributed by atoms with E-state index in [0.29, 0.717) is 29.0 Å². The van der Waals surface area contributed by atoms with Crippen molar-refractivity contribution in [1.82, 2.24) is 16.0 Å². The van der Waals surface area contributed by atoms with E-state index in [0.717, 1.165) is 55.6 Å². The summed E-state index contributed by atoms with van der Waals surface area (Å²) in [5.74, 6) is 0.835. The molecule has 0 bridgehead atoms. The number of hydrogen-bond acceptors (Lipinski definition) is 6. The van der Waals surface area contributed by atoms with Crippen molar-refractivity contribution >= 4 is 23.6 Å². The van der Waals surface area contributed by atoms with E-state index in [9.17, 15) is 9.59 Å². The van der Waals surface area contributed by atoms with Crippen LogP contribution in [0.1, 0.15) is 84.0 Å². The maximum Gasteiger partial charge on any atom is 0.406 e. The molecule has 8 nitrogen and oxygen atoms in total. The van der Waals surface area contributed by atoms with Gasteiger partial charge in [0.25, 0.3) is 5.91 Å². The van der Waals surface area contributed by atoms with Gasteiger partial charge in [-0.1, -0.05) is 42.6 Å². The smallest absolute Gasteiger partial charge is 0.406 e. The number of halogens is 1. The second kappa shape index (κ2) is 16.1. The van der Waals surface area contributed by atoms with Crippen LogP contribution in [-0.4, -0.2) is 65.1 Å². The zero-order chi connectivity index (χ0) is 29.0. The summed E-state index contributed by atoms with van der Waals surface area (Å²) < 4.78 is 16.7. The highest BCUT2D eigenvalue weighted by Crippen LogP contribution is 2.37. The Morgan fingerprint density at radius 2 is 1.88 bits per heavy atom. The van der Waals surface area contributed by atoms with Gasteiger partial charge in [-0.05, 0) is 91.9 Å². The topological polar surface area (TPSA) is 97.9 Å². The van der Waals surface area contributed by atoms with Gasteiger partial charge in [0, 0.05) is 42.9 Å². The van der Waals surface area contributed by atoms with Gasteiger partial charge >= 0.3 is 6.09 Å². The molecule has 224 valence electrons. The van der Waals surface area contributed by atoms with Crippen LogP contribution in [0.4, 0.5) is 4.79 Å². The Kier molecular flexibility index (Phi) is 12.3. The second-order valence-corrected chi connectivity index (χ2v) is 11.5. The Hall–Kier alpha value is -2.65. The van der Waals surface area contributed by atoms with Crippen LogP contribution in [0.2, 0.25) is 5.02 Å². The first-order valence-electron chi connectivity index (χ1n) is 14.8. The molecule has 0 aromatic heterocycles. The minimum Gasteiger partial charge on any atom is -0.453 e. The van der Waals surface area contributed by atoms with Crippen LogP contribution in [-0.2, 0) is 14.2 Å². The number of hydrogen-bond donors (Lipinski definition) is 3. The minimum absolute atomic E-state index is 0.0940. The summed E-state index contributed by atoms with van der Waals surface area (Å²) in [4.78, 5) is 25.1. The third-order valence-corrected chi connectivity index (χ3v) is 8.39. The summed E-state index contributed by atoms with van der Waals surface area (Å²) >= 11 is 6.36. The van der Waals surface area contributed by atoms with Crippen LogP contribution in [0, 0.1) is 5.92 Å². The Labute approximate surface area is 248 Å². The van der Waals surface area contributed by atoms with E-state index >= 15 is 0 Å². The number of carbonyl (C=O) groups excluding carboxylic acids is 2. The van der Waals surface area contributed by atoms with Crippen LogP contribution in [0.3, 0.4) is 0 Å². The zero-order valence-electron chi connectivity index (χ0n) is 24.3. The summed E-state index contributed by atoms with van der Waals surface area (Å²) in [6, 6.07) is 13.9. The van der Waals surface area contributed by atoms with Gasteiger partial charge in [-0.2, -0.15) is 0 Å². The summed E-state index contributed by atoms with van der Waals surface area (Å²) in [6.07, 6.45) is 6.87. The lowest BCUT2D eigenvalue weighted by molar-refractivity contribution is 0.0478. The van der Waals surface area contributed by atoms with Crippen molar-refractivity contribution in [2.45, 2.75) is 63.0 Å². The van der Waals surface area contributed by atoms with Crippen LogP contribution < -0.4 is 16.0 Å². The third kappa shape index (κ3) is 9.43. The van der Waals surface area contributed by atoms with Gasteiger partial charge in [0.2, 0.25) is 0 Å². The normalized spacial score (nSPS) is 19.0. The molecule has 1 aliphatic carbocycles. The van der Waals surface area contributed by atoms with Gasteiger partial charge in [0.1, 0.15) is 6.10 Å². The van der Waals surface area contributed by atoms with Crippen molar-refractivity contribution in [2.75, 3.05) is 47.1 Å². The number of ether oxygens (including phenoxy) is 3. The molecule has 41 heavy (non-hydrogen) atoms. The van der Waals surface area contributed by atoms with E-state index in [1.54, 1.807) is 0 Å². The number of carbonyl (C=O) groups is 2. The SMILES string of the molecule is CNC(CNC(=O)c1cc(C2CCCC2)cc(C(OCCNC(=O)OC)c2cccc(Cl)c2)c1)CC1CCCOC1. The average Bonchev–Trinajstić information content (AvgIpc) is 3.54. The highest BCUT2D eigenvalue weighted by atomic mass is 35.5. The van der Waals surface area contributed by atoms with Crippen LogP contribution in [0.5, 0.6) is 0 Å². The monoisotopic (exact) mass is 585 g/mol. The molecule has 3 atom stereocenters. The molecule has 2 aliphatic rings. The fraction of sp³-hybridized carbons (Fsp3) is 0.562. The van der Waals surface area contributed by atoms with Gasteiger partial charge in [-0.15, -0.1) is 0 Å². The number of amides is 2. The van der Waals surface area contributed by atoms with E-state index in [1.807, 2.05) is 43.4 Å². The number of rotatable bonds is 13. The summed E-state index contributed by atoms with van der Waals surface area (Å²) in [5.41, 5.74) is 3.57. The predicted molar refractivity (Wildman–Crippen MR) is 161 cm³/mol. The van der Waals surface area contributed by atoms with Gasteiger partial charge in [-0.25, -0.2) is 4.79 Å². The largest absolute Gasteiger partial charge is 0.453 e. The zero-order valence-corrected chi connectivity index (χ0v) is 25.0. The molecule has 1 aliphatic heterocycles. The average molecular weight is 586 g/mol. The second-order valence-electron chi connectivity index (χ2n) is 11.1. The highest BCUT2D eigenvalue weighted by Gasteiger charge is 2.24. The molecule has 2 amide bonds. The van der Waals surface area contributed by atoms with E-state index < -0.39 is 12.2 Å². The van der Waals surface area contributed by atoms with Crippen molar-refractivity contribution in [2.24, 2.45) is 5.92 Å². The van der Waals surface area contributed by atoms with Crippen molar-refractivity contribution < 1.29 is 23.8 Å². The van der Waals surface area contributed by atoms with E-state index in [2.05, 4.69) is 26.8 Å². The quantitative estimate of drug-likeness (QED) is 0.265. The van der Waals surface area contributed by atoms with Crippen LogP contribution >= 0.6 is 11.6 Å². The number of likely N-dealkylation sites (N-methyl/N-ethyl adjacent to an activating group) is 1. The molecule has 2 fully saturated rings. The minimum atomic E-state index is -0.508. The summed E-state index contributed by atoms with van der Waals surface area (Å²) in [5, 5.41) is 9.81. The lowest BCUT2D eigenvalue weighted by Gasteiger charge is -2.27. The van der Waals surface area contributed by atoms with Crippen molar-refractivity contribution in [1.29, 1.82) is 0 Å². The highest BCUT2D eigenvalue weighted by molar-refractivity contribution is 6.30. The number of benzene rings is 2. The van der Waals surface area contributed by atoms with Crippen molar-refractivity contribution in [3.8, 4) is 0 Å². The van der Waals surface area contributed by atoms with E-state index in [-0.39, 0.29) is 25.1 Å². The first-order valence-corrected chi connectivity index (χ1v) is 15.2. The van der Waals surface area contributed by atoms with Crippen molar-refractivity contribution in [3.05, 3.63) is 69.7 Å². The lowest BCUT2D eigenvalue weighted by atomic mass is 9.90. The van der Waals surface area contributed by atoms with Crippen LogP contribution in [0.15, 0.2) is 42.5 Å². The molecular formula is C32H44ClN3O5. The fourth-order valence-corrected chi connectivity index (χ4v) is 6.13. The maximum atomic E-state index is 13.6. The molecule has 0 radical (unpaired) electrons. The van der Waals surface area contributed by atoms with E-state index in [1.165, 1.54) is 26.4 Å². The molecule has 2 aromatic carbocycles. The lowest BCUT2D eigenvalue weighted by Crippen LogP contribution is -2.41. The van der Waals surface area contributed by atoms with Crippen LogP contribution in [0.25, 0.3) is 0 Å². The molecule has 1 saturated heterocycles. The maximum absolute atomic E-state index is 13.6. The summed E-state index contributed by atoms with van der Waals surface area (Å²) in [6.45, 7) is 2.73. The molecule has 1 heterocycles. The van der Waals surface area contributed by atoms with Gasteiger partial charge < -0.3 is 30.2 Å². The van der Waals surface area contributed by atoms with Gasteiger partial charge in [0.15, 0.2) is 0 Å². The van der Waals surface area contributed by atoms with E-state index in [4.69, 9.17) is 21.1 Å². The predicted octanol–water partition coefficient (Wildman–Crippen LogP) is 5.59. The number of alkyl carbamates (subject to hydrolysis) is 1. The standard InChI is InChI=1S/C32H44ClN3O5/c1-34-29(15-22-7-6-13-40-21-22)20-36-31(37)27-17-25(23-8-3-4-9-23)16-26(18-27)30(24-10-5-11-28(33)19-24)41-14-12-35-32(38)39-2/h5,10-11,16-19,22-23,29-30,34H,3-4,6-9,12-15,20-21H2,1-2H3,(H,35,38)(H,36,37). The number of methoxy groups -OCH3 is 1. The first kappa shape index (κ1) is 31.3. The molecule has 1 saturated carbocycles. The third-order valence-electron chi connectivity index (χ3n) is 8.15. The Morgan fingerprint density at radius 3 is 2.59 bits per heavy atom. The molecular weight excluding hydrogens is 542 g/mol. The van der Waals surface area contributed by atoms with Crippen molar-refractivity contribution in [3.63, 3.8) is 0 Å². The molecule has 0 spiro atoms. The molecule has 9 heteroatoms. The number of nitrogens with one attached hydrogen (secondary N) is 3. The molecule has 4 rings (SSSR count). The Bertz CT molecular complexity index is 1130. The molecule has 3 unspecified atom stereocenters. The molecule has 2 aromatic rings. The summed E-state index contributed by atoms with van der Waals surface area (Å²) in [7, 11) is 3.27.